The Labute approximate surface area is 178 Å². The van der Waals surface area contributed by atoms with E-state index in [0.717, 1.165) is 0 Å². The van der Waals surface area contributed by atoms with Crippen LogP contribution in [0.3, 0.4) is 0 Å². The van der Waals surface area contributed by atoms with Crippen molar-refractivity contribution in [3.63, 3.8) is 0 Å². The van der Waals surface area contributed by atoms with Gasteiger partial charge in [-0.1, -0.05) is 45.9 Å². The van der Waals surface area contributed by atoms with Crippen LogP contribution in [0.2, 0.25) is 0 Å². The lowest BCUT2D eigenvalue weighted by atomic mass is 9.69. The zero-order valence-electron chi connectivity index (χ0n) is 18.5. The molecule has 6 N–H and O–H groups in total. The molecule has 12 heteroatoms. The van der Waals surface area contributed by atoms with Gasteiger partial charge in [0.15, 0.2) is 0 Å². The van der Waals surface area contributed by atoms with E-state index in [-0.39, 0.29) is 28.3 Å². The first-order valence-electron chi connectivity index (χ1n) is 9.24. The van der Waals surface area contributed by atoms with Gasteiger partial charge in [0.25, 0.3) is 0 Å². The molecule has 0 aliphatic heterocycles. The second-order valence-electron chi connectivity index (χ2n) is 9.01. The van der Waals surface area contributed by atoms with Crippen LogP contribution in [0.1, 0.15) is 61.3 Å². The predicted molar refractivity (Wildman–Crippen MR) is 118 cm³/mol. The van der Waals surface area contributed by atoms with Crippen molar-refractivity contribution >= 4 is 22.8 Å². The van der Waals surface area contributed by atoms with Gasteiger partial charge < -0.3 is 29.4 Å². The Morgan fingerprint density at radius 2 is 1.13 bits per heavy atom. The zero-order valence-corrected chi connectivity index (χ0v) is 21.2. The summed E-state index contributed by atoms with van der Waals surface area (Å²) in [6.07, 6.45) is 4.92. The van der Waals surface area contributed by atoms with E-state index in [4.69, 9.17) is 0 Å². The smallest absolute Gasteiger partial charge is 0.321 e. The van der Waals surface area contributed by atoms with Crippen molar-refractivity contribution in [1.29, 1.82) is 0 Å². The van der Waals surface area contributed by atoms with Gasteiger partial charge in [0.05, 0.1) is 0 Å². The summed E-state index contributed by atoms with van der Waals surface area (Å²) < 4.78 is 34.6. The maximum absolute atomic E-state index is 11.7. The largest absolute Gasteiger partial charge is 0.351 e. The van der Waals surface area contributed by atoms with Gasteiger partial charge >= 0.3 is 22.8 Å². The fourth-order valence-electron chi connectivity index (χ4n) is 3.82. The first kappa shape index (κ1) is 29.7. The van der Waals surface area contributed by atoms with Crippen molar-refractivity contribution in [1.82, 2.24) is 0 Å². The summed E-state index contributed by atoms with van der Waals surface area (Å²) in [6.45, 7) is 11.0. The molecule has 0 rings (SSSR count). The minimum atomic E-state index is -4.49. The molecule has 0 spiro atoms. The predicted octanol–water partition coefficient (Wildman–Crippen LogP) is 4.68. The third-order valence-electron chi connectivity index (χ3n) is 4.71. The molecule has 0 amide bonds. The van der Waals surface area contributed by atoms with Gasteiger partial charge in [0.2, 0.25) is 0 Å². The van der Waals surface area contributed by atoms with E-state index in [1.54, 1.807) is 27.7 Å². The molecule has 0 aliphatic rings. The molecule has 2 atom stereocenters. The molecule has 0 saturated carbocycles. The average Bonchev–Trinajstić information content (AvgIpc) is 2.41. The second-order valence-corrected chi connectivity index (χ2v) is 14.4. The van der Waals surface area contributed by atoms with Gasteiger partial charge in [0, 0.05) is 15.9 Å². The molecule has 0 bridgehead atoms. The third-order valence-corrected chi connectivity index (χ3v) is 7.87. The van der Waals surface area contributed by atoms with Gasteiger partial charge in [-0.2, -0.15) is 0 Å². The zero-order chi connectivity index (χ0) is 24.3. The van der Waals surface area contributed by atoms with Crippen LogP contribution in [0.25, 0.3) is 0 Å². The Bertz CT molecular complexity index is 854. The molecular formula is C18H35O9P3. The average molecular weight is 488 g/mol. The van der Waals surface area contributed by atoms with Crippen molar-refractivity contribution in [3.05, 3.63) is 34.2 Å². The Morgan fingerprint density at radius 3 is 1.50 bits per heavy atom. The molecule has 0 fully saturated rings. The summed E-state index contributed by atoms with van der Waals surface area (Å²) in [5, 5.41) is -0.334. The van der Waals surface area contributed by atoms with E-state index in [9.17, 15) is 43.1 Å². The van der Waals surface area contributed by atoms with E-state index < -0.39 is 33.6 Å². The number of hydrogen-bond donors (Lipinski definition) is 6. The SMILES string of the molecule is C/C(=C/C(C)CC(C)(/C=C(\C)P(=O)(O)O)CC(C)(C)/C=C(\C)P(=O)(O)O)P(=O)(O)O. The Kier molecular flexibility index (Phi) is 9.97. The molecule has 0 aromatic rings. The summed E-state index contributed by atoms with van der Waals surface area (Å²) in [6, 6.07) is 0. The summed E-state index contributed by atoms with van der Waals surface area (Å²) >= 11 is 0. The first-order chi connectivity index (χ1) is 13.0. The summed E-state index contributed by atoms with van der Waals surface area (Å²) in [5.41, 5.74) is -1.58. The fourth-order valence-corrected chi connectivity index (χ4v) is 5.26. The van der Waals surface area contributed by atoms with Crippen LogP contribution in [-0.2, 0) is 13.7 Å². The van der Waals surface area contributed by atoms with Crippen LogP contribution in [0.15, 0.2) is 34.2 Å². The standard InChI is InChI=1S/C18H35O9P3/c1-13(8-14(2)28(19,20)21)9-18(7,11-16(4)30(25,26)27)12-17(5,6)10-15(3)29(22,23)24/h8,10-11,13H,9,12H2,1-7H3,(H2,19,20,21)(H2,22,23,24)(H2,25,26,27)/b14-8-,15-10+,16-11+. The maximum Gasteiger partial charge on any atom is 0.351 e. The summed E-state index contributed by atoms with van der Waals surface area (Å²) in [7, 11) is -13.3. The minimum Gasteiger partial charge on any atom is -0.321 e. The van der Waals surface area contributed by atoms with Crippen molar-refractivity contribution in [3.8, 4) is 0 Å². The molecule has 9 nitrogen and oxygen atoms in total. The molecule has 2 unspecified atom stereocenters. The van der Waals surface area contributed by atoms with Crippen LogP contribution in [0, 0.1) is 16.7 Å². The molecule has 0 saturated heterocycles. The van der Waals surface area contributed by atoms with Crippen molar-refractivity contribution in [2.24, 2.45) is 16.7 Å². The van der Waals surface area contributed by atoms with Gasteiger partial charge in [-0.15, -0.1) is 0 Å². The molecule has 0 aromatic heterocycles. The van der Waals surface area contributed by atoms with E-state index in [2.05, 4.69) is 0 Å². The highest BCUT2D eigenvalue weighted by Crippen LogP contribution is 2.52. The van der Waals surface area contributed by atoms with E-state index in [0.29, 0.717) is 6.42 Å². The van der Waals surface area contributed by atoms with Crippen LogP contribution in [0.5, 0.6) is 0 Å². The molecule has 176 valence electrons. The highest BCUT2D eigenvalue weighted by Gasteiger charge is 2.34. The highest BCUT2D eigenvalue weighted by atomic mass is 31.2. The van der Waals surface area contributed by atoms with Gasteiger partial charge in [-0.25, -0.2) is 0 Å². The number of hydrogen-bond acceptors (Lipinski definition) is 3. The van der Waals surface area contributed by atoms with Crippen LogP contribution in [0.4, 0.5) is 0 Å². The third kappa shape index (κ3) is 10.8. The van der Waals surface area contributed by atoms with E-state index in [1.165, 1.54) is 39.0 Å². The lowest BCUT2D eigenvalue weighted by molar-refractivity contribution is 0.236. The van der Waals surface area contributed by atoms with Crippen molar-refractivity contribution in [2.45, 2.75) is 61.3 Å². The monoisotopic (exact) mass is 488 g/mol. The van der Waals surface area contributed by atoms with Crippen LogP contribution < -0.4 is 0 Å². The van der Waals surface area contributed by atoms with E-state index in [1.807, 2.05) is 0 Å². The van der Waals surface area contributed by atoms with Crippen molar-refractivity contribution < 1.29 is 43.1 Å². The molecule has 0 radical (unpaired) electrons. The van der Waals surface area contributed by atoms with Gasteiger partial charge in [0.1, 0.15) is 0 Å². The van der Waals surface area contributed by atoms with Crippen LogP contribution in [-0.4, -0.2) is 29.4 Å². The van der Waals surface area contributed by atoms with Gasteiger partial charge in [-0.3, -0.25) is 13.7 Å². The number of rotatable bonds is 10. The van der Waals surface area contributed by atoms with E-state index >= 15 is 0 Å². The lowest BCUT2D eigenvalue weighted by Crippen LogP contribution is -2.25. The summed E-state index contributed by atoms with van der Waals surface area (Å²) in [5.74, 6) is -0.342. The first-order valence-corrected chi connectivity index (χ1v) is 14.1. The molecule has 0 aromatic carbocycles. The Balaban J connectivity index is 6.20. The molecular weight excluding hydrogens is 453 g/mol. The van der Waals surface area contributed by atoms with Crippen molar-refractivity contribution in [2.75, 3.05) is 0 Å². The maximum atomic E-state index is 11.7. The Hall–Kier alpha value is -0.330. The van der Waals surface area contributed by atoms with Crippen LogP contribution >= 0.6 is 22.8 Å². The molecule has 0 heterocycles. The molecule has 0 aliphatic carbocycles. The normalized spacial score (nSPS) is 18.9. The molecule has 30 heavy (non-hydrogen) atoms. The minimum absolute atomic E-state index is 0.0930. The van der Waals surface area contributed by atoms with Gasteiger partial charge in [-0.05, 0) is 50.4 Å². The summed E-state index contributed by atoms with van der Waals surface area (Å²) in [4.78, 5) is 56.3. The number of allylic oxidation sites excluding steroid dienone is 6. The topological polar surface area (TPSA) is 173 Å². The second kappa shape index (κ2) is 10.1. The lowest BCUT2D eigenvalue weighted by Gasteiger charge is -2.36. The fraction of sp³-hybridized carbons (Fsp3) is 0.667. The Morgan fingerprint density at radius 1 is 0.767 bits per heavy atom. The highest BCUT2D eigenvalue weighted by molar-refractivity contribution is 7.57. The quantitative estimate of drug-likeness (QED) is 0.239.